The fourth-order valence-electron chi connectivity index (χ4n) is 3.42. The van der Waals surface area contributed by atoms with Gasteiger partial charge in [-0.05, 0) is 43.7 Å². The van der Waals surface area contributed by atoms with E-state index in [4.69, 9.17) is 4.52 Å². The number of hydrogen-bond donors (Lipinski definition) is 1. The minimum absolute atomic E-state index is 0.0287. The average molecular weight is 335 g/mol. The minimum Gasteiger partial charge on any atom is -0.360 e. The smallest absolute Gasteiger partial charge is 0.220 e. The molecule has 5 heteroatoms. The van der Waals surface area contributed by atoms with Gasteiger partial charge in [0, 0.05) is 18.5 Å². The first-order valence-electron chi connectivity index (χ1n) is 8.86. The molecule has 0 spiro atoms. The van der Waals surface area contributed by atoms with Crippen LogP contribution in [0.25, 0.3) is 0 Å². The van der Waals surface area contributed by atoms with Crippen molar-refractivity contribution in [2.24, 2.45) is 16.7 Å². The topological polar surface area (TPSA) is 58.4 Å². The number of carbonyl (C=O) groups is 1. The zero-order valence-corrected chi connectivity index (χ0v) is 16.3. The Morgan fingerprint density at radius 2 is 2.08 bits per heavy atom. The van der Waals surface area contributed by atoms with Gasteiger partial charge >= 0.3 is 0 Å². The molecule has 1 aliphatic rings. The Morgan fingerprint density at radius 3 is 2.62 bits per heavy atom. The number of rotatable bonds is 6. The molecule has 2 rings (SSSR count). The summed E-state index contributed by atoms with van der Waals surface area (Å²) in [5, 5.41) is 7.42. The summed E-state index contributed by atoms with van der Waals surface area (Å²) in [7, 11) is 4.03. The Kier molecular flexibility index (Phi) is 5.43. The van der Waals surface area contributed by atoms with Crippen LogP contribution in [0.4, 0.5) is 0 Å². The average Bonchev–Trinajstić information content (AvgIpc) is 2.82. The SMILES string of the molecule is CN(C)Cc1cc(CC2CC(NC(=O)CC(C)(C)C)C2(C)C)no1. The monoisotopic (exact) mass is 335 g/mol. The van der Waals surface area contributed by atoms with Crippen molar-refractivity contribution in [2.45, 2.75) is 66.5 Å². The lowest BCUT2D eigenvalue weighted by Crippen LogP contribution is -2.59. The molecule has 2 unspecified atom stereocenters. The van der Waals surface area contributed by atoms with Gasteiger partial charge in [0.1, 0.15) is 0 Å². The van der Waals surface area contributed by atoms with Crippen molar-refractivity contribution in [3.63, 3.8) is 0 Å². The summed E-state index contributed by atoms with van der Waals surface area (Å²) in [6.07, 6.45) is 2.50. The second-order valence-corrected chi connectivity index (χ2v) is 9.34. The Morgan fingerprint density at radius 1 is 1.42 bits per heavy atom. The highest BCUT2D eigenvalue weighted by Crippen LogP contribution is 2.47. The van der Waals surface area contributed by atoms with Crippen molar-refractivity contribution in [2.75, 3.05) is 14.1 Å². The maximum Gasteiger partial charge on any atom is 0.220 e. The summed E-state index contributed by atoms with van der Waals surface area (Å²) in [6.45, 7) is 11.5. The van der Waals surface area contributed by atoms with Crippen LogP contribution in [-0.2, 0) is 17.8 Å². The number of amides is 1. The number of hydrogen-bond acceptors (Lipinski definition) is 4. The first-order valence-corrected chi connectivity index (χ1v) is 8.86. The Bertz CT molecular complexity index is 569. The van der Waals surface area contributed by atoms with Gasteiger partial charge in [-0.1, -0.05) is 39.8 Å². The van der Waals surface area contributed by atoms with E-state index in [9.17, 15) is 4.79 Å². The lowest BCUT2D eigenvalue weighted by Gasteiger charge is -2.52. The van der Waals surface area contributed by atoms with Gasteiger partial charge in [-0.15, -0.1) is 0 Å². The molecule has 0 saturated heterocycles. The standard InChI is InChI=1S/C19H33N3O2/c1-18(2,3)11-17(23)20-16-9-13(19(16,4)5)8-14-10-15(24-21-14)12-22(6)7/h10,13,16H,8-9,11-12H2,1-7H3,(H,20,23). The molecule has 1 aromatic heterocycles. The third-order valence-corrected chi connectivity index (χ3v) is 5.03. The van der Waals surface area contributed by atoms with Crippen molar-refractivity contribution in [3.05, 3.63) is 17.5 Å². The molecule has 1 fully saturated rings. The zero-order chi connectivity index (χ0) is 18.1. The van der Waals surface area contributed by atoms with Gasteiger partial charge in [-0.2, -0.15) is 0 Å². The number of aromatic nitrogens is 1. The van der Waals surface area contributed by atoms with E-state index in [1.165, 1.54) is 0 Å². The molecule has 0 aromatic carbocycles. The van der Waals surface area contributed by atoms with Gasteiger partial charge in [-0.25, -0.2) is 0 Å². The first-order chi connectivity index (χ1) is 11.0. The Balaban J connectivity index is 1.87. The van der Waals surface area contributed by atoms with Gasteiger partial charge < -0.3 is 14.7 Å². The molecule has 0 bridgehead atoms. The second kappa shape index (κ2) is 6.87. The van der Waals surface area contributed by atoms with Crippen LogP contribution in [-0.4, -0.2) is 36.1 Å². The summed E-state index contributed by atoms with van der Waals surface area (Å²) >= 11 is 0. The van der Waals surface area contributed by atoms with Crippen LogP contribution >= 0.6 is 0 Å². The second-order valence-electron chi connectivity index (χ2n) is 9.34. The van der Waals surface area contributed by atoms with Crippen LogP contribution in [0, 0.1) is 16.7 Å². The van der Waals surface area contributed by atoms with Gasteiger partial charge in [-0.3, -0.25) is 4.79 Å². The molecule has 136 valence electrons. The molecule has 1 saturated carbocycles. The van der Waals surface area contributed by atoms with Crippen LogP contribution in [0.5, 0.6) is 0 Å². The summed E-state index contributed by atoms with van der Waals surface area (Å²) in [6, 6.07) is 2.31. The molecule has 1 amide bonds. The number of nitrogens with one attached hydrogen (secondary N) is 1. The van der Waals surface area contributed by atoms with Gasteiger partial charge in [0.2, 0.25) is 5.91 Å². The molecule has 0 radical (unpaired) electrons. The third-order valence-electron chi connectivity index (χ3n) is 5.03. The van der Waals surface area contributed by atoms with E-state index in [0.717, 1.165) is 30.8 Å². The van der Waals surface area contributed by atoms with Gasteiger partial charge in [0.15, 0.2) is 5.76 Å². The molecule has 1 N–H and O–H groups in total. The highest BCUT2D eigenvalue weighted by molar-refractivity contribution is 5.77. The predicted octanol–water partition coefficient (Wildman–Crippen LogP) is 3.25. The molecule has 1 aliphatic carbocycles. The van der Waals surface area contributed by atoms with Crippen molar-refractivity contribution < 1.29 is 9.32 Å². The van der Waals surface area contributed by atoms with E-state index < -0.39 is 0 Å². The van der Waals surface area contributed by atoms with Crippen LogP contribution in [0.3, 0.4) is 0 Å². The van der Waals surface area contributed by atoms with Crippen molar-refractivity contribution in [3.8, 4) is 0 Å². The maximum atomic E-state index is 12.2. The van der Waals surface area contributed by atoms with E-state index in [2.05, 4.69) is 56.1 Å². The number of nitrogens with zero attached hydrogens (tertiary/aromatic N) is 2. The molecule has 1 heterocycles. The molecular formula is C19H33N3O2. The lowest BCUT2D eigenvalue weighted by atomic mass is 9.57. The van der Waals surface area contributed by atoms with Crippen molar-refractivity contribution in [1.29, 1.82) is 0 Å². The largest absolute Gasteiger partial charge is 0.360 e. The maximum absolute atomic E-state index is 12.2. The van der Waals surface area contributed by atoms with E-state index in [-0.39, 0.29) is 22.8 Å². The molecule has 0 aliphatic heterocycles. The predicted molar refractivity (Wildman–Crippen MR) is 95.5 cm³/mol. The van der Waals surface area contributed by atoms with Crippen molar-refractivity contribution in [1.82, 2.24) is 15.4 Å². The van der Waals surface area contributed by atoms with Gasteiger partial charge in [0.05, 0.1) is 12.2 Å². The highest BCUT2D eigenvalue weighted by atomic mass is 16.5. The van der Waals surface area contributed by atoms with Crippen molar-refractivity contribution >= 4 is 5.91 Å². The highest BCUT2D eigenvalue weighted by Gasteiger charge is 2.48. The lowest BCUT2D eigenvalue weighted by molar-refractivity contribution is -0.127. The fourth-order valence-corrected chi connectivity index (χ4v) is 3.42. The van der Waals surface area contributed by atoms with Crippen LogP contribution < -0.4 is 5.32 Å². The molecule has 1 aromatic rings. The van der Waals surface area contributed by atoms with E-state index >= 15 is 0 Å². The summed E-state index contributed by atoms with van der Waals surface area (Å²) in [5.74, 6) is 1.59. The molecule has 24 heavy (non-hydrogen) atoms. The van der Waals surface area contributed by atoms with Crippen LogP contribution in [0.15, 0.2) is 10.6 Å². The first kappa shape index (κ1) is 19.0. The molecular weight excluding hydrogens is 302 g/mol. The quantitative estimate of drug-likeness (QED) is 0.867. The molecule has 2 atom stereocenters. The summed E-state index contributed by atoms with van der Waals surface area (Å²) < 4.78 is 5.40. The van der Waals surface area contributed by atoms with E-state index in [1.807, 2.05) is 14.1 Å². The summed E-state index contributed by atoms with van der Waals surface area (Å²) in [5.41, 5.74) is 1.14. The van der Waals surface area contributed by atoms with Gasteiger partial charge in [0.25, 0.3) is 0 Å². The molecule has 5 nitrogen and oxygen atoms in total. The minimum atomic E-state index is 0.0287. The zero-order valence-electron chi connectivity index (χ0n) is 16.3. The van der Waals surface area contributed by atoms with E-state index in [1.54, 1.807) is 0 Å². The summed E-state index contributed by atoms with van der Waals surface area (Å²) in [4.78, 5) is 14.2. The Hall–Kier alpha value is -1.36. The van der Waals surface area contributed by atoms with Crippen LogP contribution in [0.1, 0.15) is 58.9 Å². The van der Waals surface area contributed by atoms with E-state index in [0.29, 0.717) is 12.3 Å². The number of carbonyl (C=O) groups excluding carboxylic acids is 1. The fraction of sp³-hybridized carbons (Fsp3) is 0.789. The normalized spacial score (nSPS) is 23.2. The Labute approximate surface area is 146 Å². The van der Waals surface area contributed by atoms with Crippen LogP contribution in [0.2, 0.25) is 0 Å². The third kappa shape index (κ3) is 4.82.